The van der Waals surface area contributed by atoms with Gasteiger partial charge in [0.2, 0.25) is 16.9 Å². The highest BCUT2D eigenvalue weighted by Gasteiger charge is 2.47. The van der Waals surface area contributed by atoms with Crippen LogP contribution in [0.15, 0.2) is 24.3 Å². The Bertz CT molecular complexity index is 997. The van der Waals surface area contributed by atoms with E-state index < -0.39 is 5.54 Å². The fourth-order valence-electron chi connectivity index (χ4n) is 4.50. The van der Waals surface area contributed by atoms with Crippen LogP contribution in [0.3, 0.4) is 0 Å². The van der Waals surface area contributed by atoms with Crippen molar-refractivity contribution in [1.29, 1.82) is 0 Å². The zero-order valence-electron chi connectivity index (χ0n) is 17.9. The summed E-state index contributed by atoms with van der Waals surface area (Å²) < 4.78 is 0. The molecule has 2 aliphatic heterocycles. The number of anilines is 1. The van der Waals surface area contributed by atoms with Crippen molar-refractivity contribution in [2.45, 2.75) is 58.0 Å². The fraction of sp³-hybridized carbons (Fsp3) is 0.500. The third-order valence-corrected chi connectivity index (χ3v) is 7.10. The van der Waals surface area contributed by atoms with Gasteiger partial charge >= 0.3 is 0 Å². The summed E-state index contributed by atoms with van der Waals surface area (Å²) in [6.07, 6.45) is 3.10. The molecule has 31 heavy (non-hydrogen) atoms. The number of nitrogens with one attached hydrogen (secondary N) is 1. The second kappa shape index (κ2) is 8.74. The number of piperidine rings is 1. The molecule has 2 aliphatic rings. The van der Waals surface area contributed by atoms with E-state index in [4.69, 9.17) is 0 Å². The molecule has 164 valence electrons. The largest absolute Gasteiger partial charge is 0.343 e. The molecule has 0 unspecified atom stereocenters. The molecule has 1 aromatic heterocycles. The van der Waals surface area contributed by atoms with Crippen molar-refractivity contribution in [3.05, 3.63) is 40.4 Å². The average molecular weight is 442 g/mol. The molecule has 0 radical (unpaired) electrons. The molecule has 0 spiro atoms. The molecule has 1 N–H and O–H groups in total. The standard InChI is InChI=1S/C22H27N5O3S/c1-3-6-19-24-25-21(31-19)23-18(29)13-22(9-11-26(12-10-22)15(2)28)27-14-16-7-4-5-8-17(16)20(27)30/h4-5,7-8H,3,6,9-14H2,1-2H3,(H,23,25,29). The van der Waals surface area contributed by atoms with Crippen molar-refractivity contribution in [1.82, 2.24) is 20.0 Å². The van der Waals surface area contributed by atoms with Gasteiger partial charge in [0.05, 0.1) is 12.0 Å². The van der Waals surface area contributed by atoms with Crippen LogP contribution >= 0.6 is 11.3 Å². The van der Waals surface area contributed by atoms with Crippen LogP contribution in [0.25, 0.3) is 0 Å². The van der Waals surface area contributed by atoms with Crippen molar-refractivity contribution in [2.75, 3.05) is 18.4 Å². The molecule has 0 aliphatic carbocycles. The van der Waals surface area contributed by atoms with E-state index in [9.17, 15) is 14.4 Å². The first kappa shape index (κ1) is 21.4. The van der Waals surface area contributed by atoms with Crippen molar-refractivity contribution in [3.63, 3.8) is 0 Å². The maximum atomic E-state index is 13.2. The Hall–Kier alpha value is -2.81. The Morgan fingerprint density at radius 1 is 1.19 bits per heavy atom. The van der Waals surface area contributed by atoms with Gasteiger partial charge in [-0.05, 0) is 30.9 Å². The predicted molar refractivity (Wildman–Crippen MR) is 118 cm³/mol. The maximum absolute atomic E-state index is 13.2. The van der Waals surface area contributed by atoms with Gasteiger partial charge in [0.1, 0.15) is 5.01 Å². The topological polar surface area (TPSA) is 95.5 Å². The predicted octanol–water partition coefficient (Wildman–Crippen LogP) is 2.86. The highest BCUT2D eigenvalue weighted by Crippen LogP contribution is 2.39. The van der Waals surface area contributed by atoms with E-state index in [0.29, 0.717) is 43.2 Å². The lowest BCUT2D eigenvalue weighted by Crippen LogP contribution is -2.57. The monoisotopic (exact) mass is 441 g/mol. The zero-order valence-corrected chi connectivity index (χ0v) is 18.7. The third kappa shape index (κ3) is 4.32. The smallest absolute Gasteiger partial charge is 0.254 e. The number of rotatable bonds is 6. The van der Waals surface area contributed by atoms with Gasteiger partial charge in [0.15, 0.2) is 0 Å². The number of hydrogen-bond donors (Lipinski definition) is 1. The number of hydrogen-bond acceptors (Lipinski definition) is 6. The molecular formula is C22H27N5O3S. The van der Waals surface area contributed by atoms with Crippen molar-refractivity contribution in [3.8, 4) is 0 Å². The summed E-state index contributed by atoms with van der Waals surface area (Å²) in [7, 11) is 0. The number of fused-ring (bicyclic) bond motifs is 1. The van der Waals surface area contributed by atoms with Gasteiger partial charge in [-0.15, -0.1) is 10.2 Å². The summed E-state index contributed by atoms with van der Waals surface area (Å²) in [6.45, 7) is 5.17. The van der Waals surface area contributed by atoms with Gasteiger partial charge < -0.3 is 15.1 Å². The van der Waals surface area contributed by atoms with Crippen molar-refractivity contribution >= 4 is 34.2 Å². The number of benzene rings is 1. The molecule has 4 rings (SSSR count). The van der Waals surface area contributed by atoms with E-state index in [1.54, 1.807) is 11.8 Å². The first-order valence-corrected chi connectivity index (χ1v) is 11.5. The zero-order chi connectivity index (χ0) is 22.0. The lowest BCUT2D eigenvalue weighted by Gasteiger charge is -2.47. The van der Waals surface area contributed by atoms with Gasteiger partial charge in [-0.2, -0.15) is 0 Å². The van der Waals surface area contributed by atoms with Crippen LogP contribution in [0.1, 0.15) is 60.5 Å². The van der Waals surface area contributed by atoms with Crippen LogP contribution in [-0.4, -0.2) is 56.3 Å². The van der Waals surface area contributed by atoms with Gasteiger partial charge in [-0.25, -0.2) is 0 Å². The van der Waals surface area contributed by atoms with Gasteiger partial charge in [-0.1, -0.05) is 36.5 Å². The van der Waals surface area contributed by atoms with E-state index in [1.165, 1.54) is 11.3 Å². The molecule has 2 aromatic rings. The number of carbonyl (C=O) groups excluding carboxylic acids is 3. The maximum Gasteiger partial charge on any atom is 0.254 e. The first-order chi connectivity index (χ1) is 14.9. The molecular weight excluding hydrogens is 414 g/mol. The minimum Gasteiger partial charge on any atom is -0.343 e. The average Bonchev–Trinajstić information content (AvgIpc) is 3.33. The van der Waals surface area contributed by atoms with Crippen LogP contribution in [0, 0.1) is 0 Å². The van der Waals surface area contributed by atoms with Crippen LogP contribution in [0.4, 0.5) is 5.13 Å². The Morgan fingerprint density at radius 2 is 1.94 bits per heavy atom. The van der Waals surface area contributed by atoms with Crippen LogP contribution in [0.5, 0.6) is 0 Å². The van der Waals surface area contributed by atoms with Gasteiger partial charge in [0.25, 0.3) is 5.91 Å². The Morgan fingerprint density at radius 3 is 2.61 bits per heavy atom. The van der Waals surface area contributed by atoms with Gasteiger partial charge in [-0.3, -0.25) is 14.4 Å². The molecule has 3 heterocycles. The number of carbonyl (C=O) groups is 3. The summed E-state index contributed by atoms with van der Waals surface area (Å²) in [6, 6.07) is 7.59. The van der Waals surface area contributed by atoms with E-state index >= 15 is 0 Å². The number of amides is 3. The van der Waals surface area contributed by atoms with Crippen molar-refractivity contribution in [2.24, 2.45) is 0 Å². The van der Waals surface area contributed by atoms with Gasteiger partial charge in [0, 0.05) is 38.5 Å². The number of likely N-dealkylation sites (tertiary alicyclic amines) is 1. The lowest BCUT2D eigenvalue weighted by atomic mass is 9.82. The molecule has 8 nitrogen and oxygen atoms in total. The van der Waals surface area contributed by atoms with E-state index in [0.717, 1.165) is 23.4 Å². The number of nitrogens with zero attached hydrogens (tertiary/aromatic N) is 4. The summed E-state index contributed by atoms with van der Waals surface area (Å²) in [5, 5.41) is 12.4. The molecule has 0 saturated carbocycles. The quantitative estimate of drug-likeness (QED) is 0.744. The van der Waals surface area contributed by atoms with Crippen LogP contribution < -0.4 is 5.32 Å². The molecule has 1 fully saturated rings. The Kier molecular flexibility index (Phi) is 6.04. The highest BCUT2D eigenvalue weighted by molar-refractivity contribution is 7.15. The fourth-order valence-corrected chi connectivity index (χ4v) is 5.36. The van der Waals surface area contributed by atoms with Crippen molar-refractivity contribution < 1.29 is 14.4 Å². The molecule has 1 aromatic carbocycles. The second-order valence-corrected chi connectivity index (χ2v) is 9.32. The minimum atomic E-state index is -0.636. The molecule has 9 heteroatoms. The number of aromatic nitrogens is 2. The first-order valence-electron chi connectivity index (χ1n) is 10.7. The molecule has 0 bridgehead atoms. The highest BCUT2D eigenvalue weighted by atomic mass is 32.1. The second-order valence-electron chi connectivity index (χ2n) is 8.25. The minimum absolute atomic E-state index is 0.0198. The normalized spacial score (nSPS) is 17.5. The summed E-state index contributed by atoms with van der Waals surface area (Å²) in [4.78, 5) is 41.7. The molecule has 0 atom stereocenters. The molecule has 3 amide bonds. The van der Waals surface area contributed by atoms with E-state index in [2.05, 4.69) is 22.4 Å². The third-order valence-electron chi connectivity index (χ3n) is 6.20. The summed E-state index contributed by atoms with van der Waals surface area (Å²) in [5.41, 5.74) is 1.04. The SMILES string of the molecule is CCCc1nnc(NC(=O)CC2(N3Cc4ccccc4C3=O)CCN(C(C)=O)CC2)s1. The van der Waals surface area contributed by atoms with Crippen LogP contribution in [-0.2, 0) is 22.6 Å². The summed E-state index contributed by atoms with van der Waals surface area (Å²) >= 11 is 1.39. The van der Waals surface area contributed by atoms with Crippen LogP contribution in [0.2, 0.25) is 0 Å². The number of aryl methyl sites for hydroxylation is 1. The van der Waals surface area contributed by atoms with E-state index in [-0.39, 0.29) is 24.1 Å². The summed E-state index contributed by atoms with van der Waals surface area (Å²) in [5.74, 6) is -0.202. The van der Waals surface area contributed by atoms with E-state index in [1.807, 2.05) is 29.2 Å². The Balaban J connectivity index is 1.54. The molecule has 1 saturated heterocycles. The lowest BCUT2D eigenvalue weighted by molar-refractivity contribution is -0.131. The Labute approximate surface area is 185 Å².